The highest BCUT2D eigenvalue weighted by Crippen LogP contribution is 2.24. The lowest BCUT2D eigenvalue weighted by molar-refractivity contribution is 0.0874. The van der Waals surface area contributed by atoms with Crippen LogP contribution in [0.2, 0.25) is 0 Å². The van der Waals surface area contributed by atoms with Gasteiger partial charge in [-0.1, -0.05) is 12.1 Å². The minimum atomic E-state index is -3.20. The zero-order valence-corrected chi connectivity index (χ0v) is 18.4. The third-order valence-corrected chi connectivity index (χ3v) is 6.85. The summed E-state index contributed by atoms with van der Waals surface area (Å²) in [6.45, 7) is 0. The Labute approximate surface area is 182 Å². The van der Waals surface area contributed by atoms with Gasteiger partial charge in [-0.15, -0.1) is 0 Å². The van der Waals surface area contributed by atoms with Crippen LogP contribution in [0.4, 0.5) is 5.95 Å². The second-order valence-electron chi connectivity index (χ2n) is 8.60. The van der Waals surface area contributed by atoms with Crippen molar-refractivity contribution >= 4 is 32.8 Å². The molecule has 2 atom stereocenters. The van der Waals surface area contributed by atoms with E-state index in [9.17, 15) is 18.3 Å². The van der Waals surface area contributed by atoms with Crippen molar-refractivity contribution in [3.05, 3.63) is 30.0 Å². The Bertz CT molecular complexity index is 1050. The van der Waals surface area contributed by atoms with Crippen molar-refractivity contribution in [2.75, 3.05) is 11.6 Å². The van der Waals surface area contributed by atoms with Crippen LogP contribution in [0.1, 0.15) is 55.3 Å². The minimum Gasteiger partial charge on any atom is -0.391 e. The first-order chi connectivity index (χ1) is 14.8. The van der Waals surface area contributed by atoms with Crippen molar-refractivity contribution in [3.8, 4) is 0 Å². The molecule has 0 spiro atoms. The van der Waals surface area contributed by atoms with Gasteiger partial charge in [-0.3, -0.25) is 4.79 Å². The molecule has 0 bridgehead atoms. The Hall–Kier alpha value is -2.30. The molecule has 0 aliphatic heterocycles. The van der Waals surface area contributed by atoms with Crippen molar-refractivity contribution in [3.63, 3.8) is 0 Å². The van der Waals surface area contributed by atoms with Crippen molar-refractivity contribution < 1.29 is 18.3 Å². The molecule has 2 unspecified atom stereocenters. The van der Waals surface area contributed by atoms with Gasteiger partial charge in [-0.05, 0) is 51.0 Å². The number of aromatic nitrogens is 2. The number of aliphatic hydroxyl groups excluding tert-OH is 1. The molecule has 1 aromatic carbocycles. The molecule has 1 amide bonds. The number of amides is 1. The Morgan fingerprint density at radius 2 is 1.84 bits per heavy atom. The van der Waals surface area contributed by atoms with E-state index in [1.54, 1.807) is 18.3 Å². The molecule has 2 fully saturated rings. The lowest BCUT2D eigenvalue weighted by atomic mass is 9.92. The van der Waals surface area contributed by atoms with Crippen LogP contribution in [-0.4, -0.2) is 59.9 Å². The maximum atomic E-state index is 12.9. The number of hydrogen-bond acceptors (Lipinski definition) is 7. The monoisotopic (exact) mass is 447 g/mol. The van der Waals surface area contributed by atoms with Gasteiger partial charge >= 0.3 is 0 Å². The molecule has 2 aliphatic rings. The summed E-state index contributed by atoms with van der Waals surface area (Å²) in [5.41, 5.74) is 1.03. The fourth-order valence-corrected chi connectivity index (χ4v) is 5.35. The zero-order valence-electron chi connectivity index (χ0n) is 17.5. The number of hydrogen-bond donors (Lipinski definition) is 4. The highest BCUT2D eigenvalue weighted by atomic mass is 32.2. The Balaban J connectivity index is 1.45. The number of sulfonamides is 1. The number of anilines is 1. The third-order valence-electron chi connectivity index (χ3n) is 6.09. The van der Waals surface area contributed by atoms with Crippen LogP contribution in [0.15, 0.2) is 24.4 Å². The number of rotatable bonds is 6. The first-order valence-corrected chi connectivity index (χ1v) is 12.7. The number of nitrogens with one attached hydrogen (secondary N) is 3. The zero-order chi connectivity index (χ0) is 22.0. The molecule has 2 saturated carbocycles. The molecule has 9 nitrogen and oxygen atoms in total. The molecule has 1 aromatic heterocycles. The first kappa shape index (κ1) is 21.9. The summed E-state index contributed by atoms with van der Waals surface area (Å²) in [6, 6.07) is 5.28. The Kier molecular flexibility index (Phi) is 6.40. The number of para-hydroxylation sites is 1. The first-order valence-electron chi connectivity index (χ1n) is 10.8. The van der Waals surface area contributed by atoms with E-state index in [4.69, 9.17) is 0 Å². The summed E-state index contributed by atoms with van der Waals surface area (Å²) in [5.74, 6) is 0.210. The number of aliphatic hydroxyl groups is 1. The topological polar surface area (TPSA) is 133 Å². The second kappa shape index (κ2) is 9.05. The molecular formula is C21H29N5O4S. The predicted octanol–water partition coefficient (Wildman–Crippen LogP) is 1.55. The van der Waals surface area contributed by atoms with E-state index >= 15 is 0 Å². The molecule has 2 aliphatic carbocycles. The van der Waals surface area contributed by atoms with E-state index in [0.29, 0.717) is 23.4 Å². The number of fused-ring (bicyclic) bond motifs is 1. The average molecular weight is 448 g/mol. The molecule has 168 valence electrons. The van der Waals surface area contributed by atoms with Crippen LogP contribution in [0.3, 0.4) is 0 Å². The summed E-state index contributed by atoms with van der Waals surface area (Å²) in [7, 11) is -3.20. The fourth-order valence-electron chi connectivity index (χ4n) is 4.50. The maximum absolute atomic E-state index is 12.9. The fraction of sp³-hybridized carbons (Fsp3) is 0.571. The van der Waals surface area contributed by atoms with Crippen LogP contribution in [0.25, 0.3) is 10.9 Å². The lowest BCUT2D eigenvalue weighted by Gasteiger charge is -2.29. The molecule has 10 heteroatoms. The third kappa shape index (κ3) is 5.50. The average Bonchev–Trinajstić information content (AvgIpc) is 3.12. The van der Waals surface area contributed by atoms with Gasteiger partial charge in [0.1, 0.15) is 0 Å². The Morgan fingerprint density at radius 3 is 2.52 bits per heavy atom. The number of nitrogens with zero attached hydrogens (tertiary/aromatic N) is 2. The van der Waals surface area contributed by atoms with Gasteiger partial charge in [0.15, 0.2) is 0 Å². The predicted molar refractivity (Wildman–Crippen MR) is 118 cm³/mol. The van der Waals surface area contributed by atoms with Crippen LogP contribution in [-0.2, 0) is 10.0 Å². The number of benzene rings is 1. The minimum absolute atomic E-state index is 0.0354. The molecule has 2 aromatic rings. The van der Waals surface area contributed by atoms with Gasteiger partial charge in [0.25, 0.3) is 5.91 Å². The normalized spacial score (nSPS) is 26.6. The molecular weight excluding hydrogens is 418 g/mol. The maximum Gasteiger partial charge on any atom is 0.253 e. The van der Waals surface area contributed by atoms with Crippen molar-refractivity contribution in [1.29, 1.82) is 0 Å². The molecule has 0 radical (unpaired) electrons. The van der Waals surface area contributed by atoms with E-state index < -0.39 is 16.1 Å². The van der Waals surface area contributed by atoms with Gasteiger partial charge in [0, 0.05) is 23.7 Å². The standard InChI is InChI=1S/C21H29N5O4S/c1-31(29,30)26-15-10-8-14(9-11-15)23-21-22-12-13-4-2-5-16(19(13)25-21)20(28)24-17-6-3-7-18(17)27/h2,4-5,12,14-15,17-18,26-27H,3,6-11H2,1H3,(H,24,28)(H,22,23,25). The summed E-state index contributed by atoms with van der Waals surface area (Å²) >= 11 is 0. The van der Waals surface area contributed by atoms with E-state index in [1.807, 2.05) is 6.07 Å². The smallest absolute Gasteiger partial charge is 0.253 e. The molecule has 1 heterocycles. The summed E-state index contributed by atoms with van der Waals surface area (Å²) in [6.07, 6.45) is 7.86. The van der Waals surface area contributed by atoms with Gasteiger partial charge in [0.05, 0.1) is 29.5 Å². The van der Waals surface area contributed by atoms with Gasteiger partial charge in [-0.2, -0.15) is 0 Å². The van der Waals surface area contributed by atoms with Crippen LogP contribution in [0, 0.1) is 0 Å². The van der Waals surface area contributed by atoms with E-state index in [-0.39, 0.29) is 24.0 Å². The summed E-state index contributed by atoms with van der Waals surface area (Å²) in [5, 5.41) is 17.1. The van der Waals surface area contributed by atoms with E-state index in [1.165, 1.54) is 6.26 Å². The lowest BCUT2D eigenvalue weighted by Crippen LogP contribution is -2.40. The quantitative estimate of drug-likeness (QED) is 0.528. The molecule has 4 rings (SSSR count). The van der Waals surface area contributed by atoms with Crippen molar-refractivity contribution in [2.45, 2.75) is 69.2 Å². The number of carbonyl (C=O) groups is 1. The van der Waals surface area contributed by atoms with Crippen molar-refractivity contribution in [2.24, 2.45) is 0 Å². The second-order valence-corrected chi connectivity index (χ2v) is 10.4. The molecule has 31 heavy (non-hydrogen) atoms. The summed E-state index contributed by atoms with van der Waals surface area (Å²) < 4.78 is 25.5. The van der Waals surface area contributed by atoms with E-state index in [0.717, 1.165) is 43.9 Å². The van der Waals surface area contributed by atoms with Crippen molar-refractivity contribution in [1.82, 2.24) is 20.0 Å². The Morgan fingerprint density at radius 1 is 1.10 bits per heavy atom. The summed E-state index contributed by atoms with van der Waals surface area (Å²) in [4.78, 5) is 21.8. The van der Waals surface area contributed by atoms with Gasteiger partial charge < -0.3 is 15.7 Å². The van der Waals surface area contributed by atoms with Crippen LogP contribution < -0.4 is 15.4 Å². The molecule has 0 saturated heterocycles. The molecule has 4 N–H and O–H groups in total. The van der Waals surface area contributed by atoms with Gasteiger partial charge in [0.2, 0.25) is 16.0 Å². The van der Waals surface area contributed by atoms with E-state index in [2.05, 4.69) is 25.3 Å². The SMILES string of the molecule is CS(=O)(=O)NC1CCC(Nc2ncc3cccc(C(=O)NC4CCCC4O)c3n2)CC1. The van der Waals surface area contributed by atoms with Crippen LogP contribution in [0.5, 0.6) is 0 Å². The number of carbonyl (C=O) groups excluding carboxylic acids is 1. The van der Waals surface area contributed by atoms with Crippen LogP contribution >= 0.6 is 0 Å². The highest BCUT2D eigenvalue weighted by molar-refractivity contribution is 7.88. The highest BCUT2D eigenvalue weighted by Gasteiger charge is 2.28. The van der Waals surface area contributed by atoms with Gasteiger partial charge in [-0.25, -0.2) is 23.1 Å². The largest absolute Gasteiger partial charge is 0.391 e.